The lowest BCUT2D eigenvalue weighted by atomic mass is 9.88. The van der Waals surface area contributed by atoms with Crippen LogP contribution in [0.25, 0.3) is 0 Å². The monoisotopic (exact) mass is 267 g/mol. The third kappa shape index (κ3) is 2.82. The standard InChI is InChI=1S/C13H18BrN/c1-2-7-15-13-6-4-10-8-12(14)5-3-11(10)9-13/h3,5,8,13,15H,2,4,6-7,9H2,1H3. The van der Waals surface area contributed by atoms with Gasteiger partial charge in [0.15, 0.2) is 0 Å². The molecule has 0 radical (unpaired) electrons. The van der Waals surface area contributed by atoms with Crippen molar-refractivity contribution in [3.63, 3.8) is 0 Å². The SMILES string of the molecule is CCCNC1CCc2cc(Br)ccc2C1. The van der Waals surface area contributed by atoms with Crippen LogP contribution in [0.2, 0.25) is 0 Å². The van der Waals surface area contributed by atoms with Crippen LogP contribution in [0.15, 0.2) is 22.7 Å². The average molecular weight is 268 g/mol. The molecular formula is C13H18BrN. The number of fused-ring (bicyclic) bond motifs is 1. The van der Waals surface area contributed by atoms with Gasteiger partial charge in [0.05, 0.1) is 0 Å². The lowest BCUT2D eigenvalue weighted by molar-refractivity contribution is 0.459. The Morgan fingerprint density at radius 3 is 3.07 bits per heavy atom. The number of nitrogens with one attached hydrogen (secondary N) is 1. The molecule has 1 nitrogen and oxygen atoms in total. The first-order chi connectivity index (χ1) is 7.29. The molecule has 0 amide bonds. The molecule has 1 aliphatic rings. The van der Waals surface area contributed by atoms with Crippen LogP contribution in [0.3, 0.4) is 0 Å². The second-order valence-electron chi connectivity index (χ2n) is 4.31. The molecule has 0 spiro atoms. The molecule has 82 valence electrons. The fourth-order valence-electron chi connectivity index (χ4n) is 2.25. The number of rotatable bonds is 3. The summed E-state index contributed by atoms with van der Waals surface area (Å²) in [5.41, 5.74) is 3.05. The lowest BCUT2D eigenvalue weighted by Crippen LogP contribution is -2.34. The lowest BCUT2D eigenvalue weighted by Gasteiger charge is -2.25. The molecule has 0 saturated heterocycles. The Morgan fingerprint density at radius 2 is 2.27 bits per heavy atom. The molecule has 1 unspecified atom stereocenters. The highest BCUT2D eigenvalue weighted by Crippen LogP contribution is 2.24. The maximum Gasteiger partial charge on any atom is 0.0178 e. The van der Waals surface area contributed by atoms with Crippen molar-refractivity contribution in [3.8, 4) is 0 Å². The van der Waals surface area contributed by atoms with Crippen molar-refractivity contribution < 1.29 is 0 Å². The minimum Gasteiger partial charge on any atom is -0.314 e. The third-order valence-electron chi connectivity index (χ3n) is 3.08. The molecule has 1 atom stereocenters. The predicted octanol–water partition coefficient (Wildman–Crippen LogP) is 3.31. The summed E-state index contributed by atoms with van der Waals surface area (Å²) in [5, 5.41) is 3.62. The van der Waals surface area contributed by atoms with Gasteiger partial charge in [-0.3, -0.25) is 0 Å². The van der Waals surface area contributed by atoms with E-state index in [4.69, 9.17) is 0 Å². The predicted molar refractivity (Wildman–Crippen MR) is 68.2 cm³/mol. The minimum absolute atomic E-state index is 0.693. The van der Waals surface area contributed by atoms with E-state index in [-0.39, 0.29) is 0 Å². The van der Waals surface area contributed by atoms with E-state index in [0.29, 0.717) is 6.04 Å². The van der Waals surface area contributed by atoms with E-state index in [0.717, 1.165) is 6.54 Å². The highest BCUT2D eigenvalue weighted by atomic mass is 79.9. The summed E-state index contributed by atoms with van der Waals surface area (Å²) < 4.78 is 1.21. The number of hydrogen-bond donors (Lipinski definition) is 1. The van der Waals surface area contributed by atoms with Crippen molar-refractivity contribution in [3.05, 3.63) is 33.8 Å². The van der Waals surface area contributed by atoms with E-state index in [2.05, 4.69) is 46.4 Å². The molecule has 0 fully saturated rings. The van der Waals surface area contributed by atoms with Gasteiger partial charge in [0.2, 0.25) is 0 Å². The Hall–Kier alpha value is -0.340. The fraction of sp³-hybridized carbons (Fsp3) is 0.538. The summed E-state index contributed by atoms with van der Waals surface area (Å²) in [6.45, 7) is 3.37. The van der Waals surface area contributed by atoms with E-state index in [9.17, 15) is 0 Å². The number of benzene rings is 1. The molecule has 15 heavy (non-hydrogen) atoms. The van der Waals surface area contributed by atoms with E-state index in [1.165, 1.54) is 41.3 Å². The normalized spacial score (nSPS) is 20.0. The van der Waals surface area contributed by atoms with Gasteiger partial charge >= 0.3 is 0 Å². The number of aryl methyl sites for hydroxylation is 1. The van der Waals surface area contributed by atoms with Crippen LogP contribution in [0.4, 0.5) is 0 Å². The molecule has 1 aromatic carbocycles. The van der Waals surface area contributed by atoms with Gasteiger partial charge in [-0.05, 0) is 55.5 Å². The van der Waals surface area contributed by atoms with E-state index >= 15 is 0 Å². The summed E-state index contributed by atoms with van der Waals surface area (Å²) in [6.07, 6.45) is 4.92. The Kier molecular flexibility index (Phi) is 3.81. The summed E-state index contributed by atoms with van der Waals surface area (Å²) in [4.78, 5) is 0. The second kappa shape index (κ2) is 5.13. The van der Waals surface area contributed by atoms with Crippen LogP contribution in [-0.2, 0) is 12.8 Å². The fourth-order valence-corrected chi connectivity index (χ4v) is 2.65. The molecule has 1 N–H and O–H groups in total. The summed E-state index contributed by atoms with van der Waals surface area (Å²) >= 11 is 3.53. The maximum absolute atomic E-state index is 3.62. The first kappa shape index (κ1) is 11.2. The summed E-state index contributed by atoms with van der Waals surface area (Å²) in [5.74, 6) is 0. The Balaban J connectivity index is 2.03. The summed E-state index contributed by atoms with van der Waals surface area (Å²) in [7, 11) is 0. The van der Waals surface area contributed by atoms with Gasteiger partial charge in [-0.2, -0.15) is 0 Å². The van der Waals surface area contributed by atoms with E-state index in [1.54, 1.807) is 0 Å². The van der Waals surface area contributed by atoms with Crippen LogP contribution in [0, 0.1) is 0 Å². The van der Waals surface area contributed by atoms with Crippen LogP contribution in [-0.4, -0.2) is 12.6 Å². The molecule has 0 heterocycles. The molecule has 2 heteroatoms. The summed E-state index contributed by atoms with van der Waals surface area (Å²) in [6, 6.07) is 7.38. The van der Waals surface area contributed by atoms with Gasteiger partial charge in [-0.25, -0.2) is 0 Å². The van der Waals surface area contributed by atoms with Crippen LogP contribution < -0.4 is 5.32 Å². The average Bonchev–Trinajstić information content (AvgIpc) is 2.26. The van der Waals surface area contributed by atoms with E-state index < -0.39 is 0 Å². The molecule has 2 rings (SSSR count). The Labute approximate surface area is 100 Å². The van der Waals surface area contributed by atoms with E-state index in [1.807, 2.05) is 0 Å². The van der Waals surface area contributed by atoms with Crippen molar-refractivity contribution in [2.45, 2.75) is 38.6 Å². The van der Waals surface area contributed by atoms with Crippen molar-refractivity contribution >= 4 is 15.9 Å². The van der Waals surface area contributed by atoms with Crippen LogP contribution in [0.1, 0.15) is 30.9 Å². The molecule has 1 aromatic rings. The topological polar surface area (TPSA) is 12.0 Å². The maximum atomic E-state index is 3.62. The molecular weight excluding hydrogens is 250 g/mol. The van der Waals surface area contributed by atoms with Gasteiger partial charge in [-0.1, -0.05) is 28.9 Å². The number of halogens is 1. The minimum atomic E-state index is 0.693. The van der Waals surface area contributed by atoms with Gasteiger partial charge in [0.25, 0.3) is 0 Å². The largest absolute Gasteiger partial charge is 0.314 e. The van der Waals surface area contributed by atoms with Crippen molar-refractivity contribution in [2.75, 3.05) is 6.54 Å². The van der Waals surface area contributed by atoms with Gasteiger partial charge in [0, 0.05) is 10.5 Å². The van der Waals surface area contributed by atoms with Gasteiger partial charge in [-0.15, -0.1) is 0 Å². The third-order valence-corrected chi connectivity index (χ3v) is 3.57. The highest BCUT2D eigenvalue weighted by molar-refractivity contribution is 9.10. The Morgan fingerprint density at radius 1 is 1.40 bits per heavy atom. The van der Waals surface area contributed by atoms with Crippen molar-refractivity contribution in [1.29, 1.82) is 0 Å². The van der Waals surface area contributed by atoms with Crippen molar-refractivity contribution in [2.24, 2.45) is 0 Å². The first-order valence-corrected chi connectivity index (χ1v) is 6.59. The molecule has 0 aromatic heterocycles. The molecule has 0 bridgehead atoms. The van der Waals surface area contributed by atoms with Crippen LogP contribution >= 0.6 is 15.9 Å². The second-order valence-corrected chi connectivity index (χ2v) is 5.22. The zero-order valence-corrected chi connectivity index (χ0v) is 10.8. The molecule has 1 aliphatic carbocycles. The highest BCUT2D eigenvalue weighted by Gasteiger charge is 2.17. The zero-order chi connectivity index (χ0) is 10.7. The number of hydrogen-bond acceptors (Lipinski definition) is 1. The smallest absolute Gasteiger partial charge is 0.0178 e. The van der Waals surface area contributed by atoms with Crippen LogP contribution in [0.5, 0.6) is 0 Å². The Bertz CT molecular complexity index is 335. The van der Waals surface area contributed by atoms with Gasteiger partial charge < -0.3 is 5.32 Å². The van der Waals surface area contributed by atoms with Crippen molar-refractivity contribution in [1.82, 2.24) is 5.32 Å². The molecule has 0 saturated carbocycles. The molecule has 0 aliphatic heterocycles. The first-order valence-electron chi connectivity index (χ1n) is 5.80. The van der Waals surface area contributed by atoms with Gasteiger partial charge in [0.1, 0.15) is 0 Å². The zero-order valence-electron chi connectivity index (χ0n) is 9.22. The quantitative estimate of drug-likeness (QED) is 0.886.